The van der Waals surface area contributed by atoms with E-state index in [0.29, 0.717) is 11.8 Å². The van der Waals surface area contributed by atoms with Gasteiger partial charge in [0.25, 0.3) is 0 Å². The van der Waals surface area contributed by atoms with E-state index in [1.807, 2.05) is 0 Å². The zero-order valence-corrected chi connectivity index (χ0v) is 12.2. The maximum atomic E-state index is 12.3. The predicted octanol–water partition coefficient (Wildman–Crippen LogP) is 4.10. The van der Waals surface area contributed by atoms with E-state index in [-0.39, 0.29) is 17.5 Å². The summed E-state index contributed by atoms with van der Waals surface area (Å²) in [7, 11) is 0. The van der Waals surface area contributed by atoms with Gasteiger partial charge in [-0.15, -0.1) is 0 Å². The lowest BCUT2D eigenvalue weighted by Crippen LogP contribution is -2.45. The summed E-state index contributed by atoms with van der Waals surface area (Å²) in [4.78, 5) is 12.3. The van der Waals surface area contributed by atoms with Crippen LogP contribution in [0.5, 0.6) is 0 Å². The second-order valence-corrected chi connectivity index (χ2v) is 7.23. The van der Waals surface area contributed by atoms with Crippen molar-refractivity contribution >= 4 is 5.97 Å². The van der Waals surface area contributed by atoms with Crippen molar-refractivity contribution in [2.24, 2.45) is 23.7 Å². The first-order chi connectivity index (χ1) is 9.06. The van der Waals surface area contributed by atoms with Crippen LogP contribution in [0.25, 0.3) is 0 Å². The van der Waals surface area contributed by atoms with E-state index in [1.165, 1.54) is 32.1 Å². The van der Waals surface area contributed by atoms with Crippen LogP contribution in [0, 0.1) is 23.7 Å². The molecule has 0 aromatic rings. The van der Waals surface area contributed by atoms with Crippen LogP contribution in [0.2, 0.25) is 0 Å². The van der Waals surface area contributed by atoms with Crippen LogP contribution in [-0.2, 0) is 9.53 Å². The first kappa shape index (κ1) is 13.2. The van der Waals surface area contributed by atoms with Crippen molar-refractivity contribution < 1.29 is 9.53 Å². The zero-order valence-electron chi connectivity index (χ0n) is 12.2. The van der Waals surface area contributed by atoms with Crippen molar-refractivity contribution in [2.45, 2.75) is 64.4 Å². The quantitative estimate of drug-likeness (QED) is 0.565. The lowest BCUT2D eigenvalue weighted by atomic mass is 9.64. The highest BCUT2D eigenvalue weighted by Crippen LogP contribution is 2.46. The summed E-state index contributed by atoms with van der Waals surface area (Å²) in [5, 5.41) is 0. The SMILES string of the molecule is CC(C)(OC(=O)C1CCCC1)C1CC2C=CC1CC2. The highest BCUT2D eigenvalue weighted by atomic mass is 16.6. The van der Waals surface area contributed by atoms with Gasteiger partial charge in [-0.3, -0.25) is 4.79 Å². The third-order valence-electron chi connectivity index (χ3n) is 5.52. The Morgan fingerprint density at radius 2 is 1.84 bits per heavy atom. The van der Waals surface area contributed by atoms with Gasteiger partial charge in [0.1, 0.15) is 5.60 Å². The van der Waals surface area contributed by atoms with Crippen LogP contribution < -0.4 is 0 Å². The number of allylic oxidation sites excluding steroid dienone is 2. The number of carbonyl (C=O) groups is 1. The van der Waals surface area contributed by atoms with Crippen molar-refractivity contribution in [2.75, 3.05) is 0 Å². The maximum absolute atomic E-state index is 12.3. The van der Waals surface area contributed by atoms with Crippen LogP contribution in [0.3, 0.4) is 0 Å². The summed E-state index contributed by atoms with van der Waals surface area (Å²) in [6, 6.07) is 0. The Morgan fingerprint density at radius 1 is 1.11 bits per heavy atom. The Bertz CT molecular complexity index is 377. The fourth-order valence-corrected chi connectivity index (χ4v) is 4.31. The third kappa shape index (κ3) is 2.59. The van der Waals surface area contributed by atoms with E-state index in [2.05, 4.69) is 26.0 Å². The molecule has 19 heavy (non-hydrogen) atoms. The second kappa shape index (κ2) is 4.96. The minimum atomic E-state index is -0.298. The summed E-state index contributed by atoms with van der Waals surface area (Å²) >= 11 is 0. The van der Waals surface area contributed by atoms with Gasteiger partial charge >= 0.3 is 5.97 Å². The monoisotopic (exact) mass is 262 g/mol. The predicted molar refractivity (Wildman–Crippen MR) is 75.6 cm³/mol. The van der Waals surface area contributed by atoms with Crippen molar-refractivity contribution in [3.8, 4) is 0 Å². The molecule has 0 spiro atoms. The highest BCUT2D eigenvalue weighted by Gasteiger charge is 2.44. The zero-order chi connectivity index (χ0) is 13.5. The second-order valence-electron chi connectivity index (χ2n) is 7.23. The molecule has 2 fully saturated rings. The molecule has 0 N–H and O–H groups in total. The number of rotatable bonds is 3. The smallest absolute Gasteiger partial charge is 0.309 e. The lowest BCUT2D eigenvalue weighted by Gasteiger charge is -2.46. The van der Waals surface area contributed by atoms with Gasteiger partial charge in [0.15, 0.2) is 0 Å². The minimum Gasteiger partial charge on any atom is -0.459 e. The van der Waals surface area contributed by atoms with E-state index in [0.717, 1.165) is 18.8 Å². The number of esters is 1. The molecule has 0 aliphatic heterocycles. The molecule has 2 bridgehead atoms. The van der Waals surface area contributed by atoms with E-state index in [9.17, 15) is 4.79 Å². The van der Waals surface area contributed by atoms with Crippen LogP contribution in [0.4, 0.5) is 0 Å². The molecular weight excluding hydrogens is 236 g/mol. The normalized spacial score (nSPS) is 34.7. The number of carbonyl (C=O) groups excluding carboxylic acids is 1. The molecule has 0 aromatic heterocycles. The molecule has 0 radical (unpaired) electrons. The molecule has 4 aliphatic carbocycles. The Hall–Kier alpha value is -0.790. The van der Waals surface area contributed by atoms with Gasteiger partial charge in [0, 0.05) is 5.92 Å². The standard InChI is InChI=1S/C17H26O2/c1-17(2,19-16(18)14-5-3-4-6-14)15-11-12-7-9-13(15)10-8-12/h7,9,12-15H,3-6,8,10-11H2,1-2H3. The van der Waals surface area contributed by atoms with E-state index >= 15 is 0 Å². The fourth-order valence-electron chi connectivity index (χ4n) is 4.31. The molecule has 4 rings (SSSR count). The van der Waals surface area contributed by atoms with Crippen LogP contribution >= 0.6 is 0 Å². The Balaban J connectivity index is 1.65. The molecule has 4 aliphatic rings. The van der Waals surface area contributed by atoms with Gasteiger partial charge in [0.05, 0.1) is 5.92 Å². The summed E-state index contributed by atoms with van der Waals surface area (Å²) < 4.78 is 5.94. The molecule has 3 unspecified atom stereocenters. The first-order valence-corrected chi connectivity index (χ1v) is 7.97. The number of hydrogen-bond acceptors (Lipinski definition) is 2. The Morgan fingerprint density at radius 3 is 2.37 bits per heavy atom. The summed E-state index contributed by atoms with van der Waals surface area (Å²) in [6.07, 6.45) is 13.0. The number of hydrogen-bond donors (Lipinski definition) is 0. The Labute approximate surface area is 116 Å². The van der Waals surface area contributed by atoms with Crippen molar-refractivity contribution in [1.82, 2.24) is 0 Å². The average molecular weight is 262 g/mol. The third-order valence-corrected chi connectivity index (χ3v) is 5.52. The molecule has 0 saturated heterocycles. The largest absolute Gasteiger partial charge is 0.459 e. The molecule has 2 heteroatoms. The van der Waals surface area contributed by atoms with Crippen molar-refractivity contribution in [3.05, 3.63) is 12.2 Å². The lowest BCUT2D eigenvalue weighted by molar-refractivity contribution is -0.170. The molecule has 106 valence electrons. The van der Waals surface area contributed by atoms with E-state index in [4.69, 9.17) is 4.74 Å². The van der Waals surface area contributed by atoms with Gasteiger partial charge in [-0.05, 0) is 57.8 Å². The van der Waals surface area contributed by atoms with Crippen molar-refractivity contribution in [3.63, 3.8) is 0 Å². The van der Waals surface area contributed by atoms with E-state index < -0.39 is 0 Å². The van der Waals surface area contributed by atoms with Gasteiger partial charge in [0.2, 0.25) is 0 Å². The topological polar surface area (TPSA) is 26.3 Å². The van der Waals surface area contributed by atoms with Gasteiger partial charge < -0.3 is 4.74 Å². The van der Waals surface area contributed by atoms with Crippen LogP contribution in [0.1, 0.15) is 58.8 Å². The molecule has 2 saturated carbocycles. The average Bonchev–Trinajstić information content (AvgIpc) is 2.93. The first-order valence-electron chi connectivity index (χ1n) is 7.97. The van der Waals surface area contributed by atoms with Gasteiger partial charge in [-0.2, -0.15) is 0 Å². The van der Waals surface area contributed by atoms with E-state index in [1.54, 1.807) is 0 Å². The summed E-state index contributed by atoms with van der Waals surface area (Å²) in [5.74, 6) is 2.10. The van der Waals surface area contributed by atoms with Crippen molar-refractivity contribution in [1.29, 1.82) is 0 Å². The molecule has 0 aromatic carbocycles. The fraction of sp³-hybridized carbons (Fsp3) is 0.824. The highest BCUT2D eigenvalue weighted by molar-refractivity contribution is 5.73. The Kier molecular flexibility index (Phi) is 3.44. The summed E-state index contributed by atoms with van der Waals surface area (Å²) in [6.45, 7) is 4.25. The maximum Gasteiger partial charge on any atom is 0.309 e. The summed E-state index contributed by atoms with van der Waals surface area (Å²) in [5.41, 5.74) is -0.298. The molecule has 0 heterocycles. The molecule has 2 nitrogen and oxygen atoms in total. The van der Waals surface area contributed by atoms with Gasteiger partial charge in [-0.1, -0.05) is 25.0 Å². The van der Waals surface area contributed by atoms with Crippen LogP contribution in [-0.4, -0.2) is 11.6 Å². The molecule has 3 atom stereocenters. The molecular formula is C17H26O2. The molecule has 0 amide bonds. The van der Waals surface area contributed by atoms with Crippen LogP contribution in [0.15, 0.2) is 12.2 Å². The number of ether oxygens (including phenoxy) is 1. The van der Waals surface area contributed by atoms with Gasteiger partial charge in [-0.25, -0.2) is 0 Å². The minimum absolute atomic E-state index is 0.0629. The number of fused-ring (bicyclic) bond motifs is 2.